The van der Waals surface area contributed by atoms with Gasteiger partial charge in [-0.1, -0.05) is 54.6 Å². The summed E-state index contributed by atoms with van der Waals surface area (Å²) in [6.45, 7) is 8.53. The SMILES string of the molecule is C=CCNc1nc(Nc2c(C)cccc2C)cc(-c2ccccc2)n1. The van der Waals surface area contributed by atoms with Gasteiger partial charge in [-0.3, -0.25) is 0 Å². The van der Waals surface area contributed by atoms with Crippen molar-refractivity contribution < 1.29 is 0 Å². The number of anilines is 3. The third-order valence-corrected chi connectivity index (χ3v) is 3.93. The van der Waals surface area contributed by atoms with Crippen molar-refractivity contribution in [2.75, 3.05) is 17.2 Å². The van der Waals surface area contributed by atoms with Crippen molar-refractivity contribution in [2.45, 2.75) is 13.8 Å². The van der Waals surface area contributed by atoms with E-state index < -0.39 is 0 Å². The van der Waals surface area contributed by atoms with Gasteiger partial charge in [-0.15, -0.1) is 6.58 Å². The lowest BCUT2D eigenvalue weighted by Gasteiger charge is -2.14. The molecule has 0 spiro atoms. The van der Waals surface area contributed by atoms with Crippen LogP contribution in [0.4, 0.5) is 17.5 Å². The Bertz CT molecular complexity index is 852. The molecule has 0 unspecified atom stereocenters. The molecular weight excluding hydrogens is 308 g/mol. The molecule has 1 heterocycles. The highest BCUT2D eigenvalue weighted by atomic mass is 15.1. The predicted octanol–water partition coefficient (Wildman–Crippen LogP) is 5.10. The quantitative estimate of drug-likeness (QED) is 0.617. The van der Waals surface area contributed by atoms with Crippen LogP contribution in [0, 0.1) is 13.8 Å². The number of rotatable bonds is 6. The summed E-state index contributed by atoms with van der Waals surface area (Å²) in [5, 5.41) is 6.63. The second-order valence-electron chi connectivity index (χ2n) is 5.89. The Hall–Kier alpha value is -3.14. The van der Waals surface area contributed by atoms with Gasteiger partial charge in [-0.05, 0) is 25.0 Å². The number of benzene rings is 2. The predicted molar refractivity (Wildman–Crippen MR) is 105 cm³/mol. The molecule has 4 heteroatoms. The van der Waals surface area contributed by atoms with E-state index in [9.17, 15) is 0 Å². The zero-order valence-corrected chi connectivity index (χ0v) is 14.6. The number of hydrogen-bond acceptors (Lipinski definition) is 4. The molecule has 25 heavy (non-hydrogen) atoms. The molecule has 0 aliphatic rings. The molecule has 0 atom stereocenters. The summed E-state index contributed by atoms with van der Waals surface area (Å²) in [4.78, 5) is 9.21. The van der Waals surface area contributed by atoms with Crippen molar-refractivity contribution in [1.82, 2.24) is 9.97 Å². The Morgan fingerprint density at radius 1 is 0.960 bits per heavy atom. The molecule has 126 valence electrons. The normalized spacial score (nSPS) is 10.3. The van der Waals surface area contributed by atoms with Gasteiger partial charge in [0.05, 0.1) is 5.69 Å². The summed E-state index contributed by atoms with van der Waals surface area (Å²) >= 11 is 0. The Morgan fingerprint density at radius 3 is 2.36 bits per heavy atom. The van der Waals surface area contributed by atoms with Crippen LogP contribution in [-0.4, -0.2) is 16.5 Å². The molecule has 0 fully saturated rings. The molecule has 3 rings (SSSR count). The third-order valence-electron chi connectivity index (χ3n) is 3.93. The Labute approximate surface area is 148 Å². The van der Waals surface area contributed by atoms with Crippen LogP contribution < -0.4 is 10.6 Å². The van der Waals surface area contributed by atoms with E-state index in [0.29, 0.717) is 12.5 Å². The summed E-state index contributed by atoms with van der Waals surface area (Å²) in [5.41, 5.74) is 5.36. The highest BCUT2D eigenvalue weighted by molar-refractivity contribution is 5.70. The topological polar surface area (TPSA) is 49.8 Å². The maximum absolute atomic E-state index is 4.62. The van der Waals surface area contributed by atoms with Gasteiger partial charge < -0.3 is 10.6 Å². The molecular formula is C21H22N4. The second kappa shape index (κ2) is 7.62. The minimum Gasteiger partial charge on any atom is -0.351 e. The Balaban J connectivity index is 2.01. The van der Waals surface area contributed by atoms with Crippen LogP contribution >= 0.6 is 0 Å². The average Bonchev–Trinajstić information content (AvgIpc) is 2.64. The van der Waals surface area contributed by atoms with E-state index in [1.807, 2.05) is 36.4 Å². The van der Waals surface area contributed by atoms with Crippen LogP contribution in [-0.2, 0) is 0 Å². The van der Waals surface area contributed by atoms with Crippen molar-refractivity contribution in [1.29, 1.82) is 0 Å². The first-order valence-corrected chi connectivity index (χ1v) is 8.30. The van der Waals surface area contributed by atoms with E-state index in [2.05, 4.69) is 59.2 Å². The zero-order valence-electron chi connectivity index (χ0n) is 14.6. The highest BCUT2D eigenvalue weighted by Gasteiger charge is 2.09. The molecule has 4 nitrogen and oxygen atoms in total. The molecule has 0 amide bonds. The molecule has 2 N–H and O–H groups in total. The lowest BCUT2D eigenvalue weighted by Crippen LogP contribution is -2.06. The van der Waals surface area contributed by atoms with Gasteiger partial charge in [0.25, 0.3) is 0 Å². The van der Waals surface area contributed by atoms with Gasteiger partial charge in [0, 0.05) is 23.9 Å². The maximum Gasteiger partial charge on any atom is 0.225 e. The monoisotopic (exact) mass is 330 g/mol. The number of aryl methyl sites for hydroxylation is 2. The van der Waals surface area contributed by atoms with E-state index in [-0.39, 0.29) is 0 Å². The molecule has 0 radical (unpaired) electrons. The molecule has 3 aromatic rings. The zero-order chi connectivity index (χ0) is 17.6. The number of aromatic nitrogens is 2. The van der Waals surface area contributed by atoms with Crippen LogP contribution in [0.25, 0.3) is 11.3 Å². The Kier molecular flexibility index (Phi) is 5.09. The van der Waals surface area contributed by atoms with Gasteiger partial charge in [0.2, 0.25) is 5.95 Å². The smallest absolute Gasteiger partial charge is 0.225 e. The fraction of sp³-hybridized carbons (Fsp3) is 0.143. The molecule has 0 saturated heterocycles. The van der Waals surface area contributed by atoms with Gasteiger partial charge >= 0.3 is 0 Å². The summed E-state index contributed by atoms with van der Waals surface area (Å²) in [7, 11) is 0. The first-order chi connectivity index (χ1) is 12.2. The lowest BCUT2D eigenvalue weighted by molar-refractivity contribution is 1.12. The molecule has 0 aliphatic carbocycles. The van der Waals surface area contributed by atoms with Gasteiger partial charge in [0.1, 0.15) is 5.82 Å². The molecule has 1 aromatic heterocycles. The third kappa shape index (κ3) is 4.04. The van der Waals surface area contributed by atoms with Crippen LogP contribution in [0.15, 0.2) is 67.3 Å². The molecule has 0 saturated carbocycles. The first-order valence-electron chi connectivity index (χ1n) is 8.30. The van der Waals surface area contributed by atoms with Crippen LogP contribution in [0.5, 0.6) is 0 Å². The van der Waals surface area contributed by atoms with Gasteiger partial charge in [-0.2, -0.15) is 4.98 Å². The summed E-state index contributed by atoms with van der Waals surface area (Å²) in [5.74, 6) is 1.34. The van der Waals surface area contributed by atoms with Crippen molar-refractivity contribution >= 4 is 17.5 Å². The standard InChI is InChI=1S/C21H22N4/c1-4-13-22-21-23-18(17-11-6-5-7-12-17)14-19(25-21)24-20-15(2)9-8-10-16(20)3/h4-12,14H,1,13H2,2-3H3,(H2,22,23,24,25). The largest absolute Gasteiger partial charge is 0.351 e. The van der Waals surface area contributed by atoms with Crippen molar-refractivity contribution in [3.05, 3.63) is 78.4 Å². The summed E-state index contributed by atoms with van der Waals surface area (Å²) in [6, 6.07) is 18.3. The van der Waals surface area contributed by atoms with Crippen LogP contribution in [0.2, 0.25) is 0 Å². The second-order valence-corrected chi connectivity index (χ2v) is 5.89. The Morgan fingerprint density at radius 2 is 1.68 bits per heavy atom. The van der Waals surface area contributed by atoms with E-state index in [4.69, 9.17) is 0 Å². The number of hydrogen-bond donors (Lipinski definition) is 2. The number of para-hydroxylation sites is 1. The average molecular weight is 330 g/mol. The van der Waals surface area contributed by atoms with Crippen molar-refractivity contribution in [3.63, 3.8) is 0 Å². The molecule has 0 bridgehead atoms. The van der Waals surface area contributed by atoms with Gasteiger partial charge in [-0.25, -0.2) is 4.98 Å². The fourth-order valence-corrected chi connectivity index (χ4v) is 2.65. The van der Waals surface area contributed by atoms with E-state index in [1.165, 1.54) is 11.1 Å². The lowest BCUT2D eigenvalue weighted by atomic mass is 10.1. The highest BCUT2D eigenvalue weighted by Crippen LogP contribution is 2.27. The van der Waals surface area contributed by atoms with Gasteiger partial charge in [0.15, 0.2) is 0 Å². The minimum atomic E-state index is 0.579. The van der Waals surface area contributed by atoms with E-state index >= 15 is 0 Å². The fourth-order valence-electron chi connectivity index (χ4n) is 2.65. The summed E-state index contributed by atoms with van der Waals surface area (Å²) < 4.78 is 0. The minimum absolute atomic E-state index is 0.579. The van der Waals surface area contributed by atoms with Crippen molar-refractivity contribution in [3.8, 4) is 11.3 Å². The van der Waals surface area contributed by atoms with Crippen LogP contribution in [0.1, 0.15) is 11.1 Å². The van der Waals surface area contributed by atoms with E-state index in [0.717, 1.165) is 22.8 Å². The number of nitrogens with one attached hydrogen (secondary N) is 2. The first kappa shape index (κ1) is 16.7. The maximum atomic E-state index is 4.62. The van der Waals surface area contributed by atoms with Crippen LogP contribution in [0.3, 0.4) is 0 Å². The number of nitrogens with zero attached hydrogens (tertiary/aromatic N) is 2. The summed E-state index contributed by atoms with van der Waals surface area (Å²) in [6.07, 6.45) is 1.79. The van der Waals surface area contributed by atoms with E-state index in [1.54, 1.807) is 6.08 Å². The van der Waals surface area contributed by atoms with Crippen molar-refractivity contribution in [2.24, 2.45) is 0 Å². The molecule has 2 aromatic carbocycles. The molecule has 0 aliphatic heterocycles.